The van der Waals surface area contributed by atoms with Gasteiger partial charge in [-0.15, -0.1) is 0 Å². The predicted molar refractivity (Wildman–Crippen MR) is 176 cm³/mol. The third-order valence-corrected chi connectivity index (χ3v) is 11.4. The summed E-state index contributed by atoms with van der Waals surface area (Å²) in [6, 6.07) is 2.65. The van der Waals surface area contributed by atoms with E-state index >= 15 is 0 Å². The minimum absolute atomic E-state index is 0.0437. The molecule has 15 heteroatoms. The number of fused-ring (bicyclic) bond motifs is 3. The second-order valence-electron chi connectivity index (χ2n) is 15.4. The number of rotatable bonds is 5. The first kappa shape index (κ1) is 37.4. The summed E-state index contributed by atoms with van der Waals surface area (Å²) in [5, 5.41) is 76.3. The molecule has 3 aliphatic carbocycles. The smallest absolute Gasteiger partial charge is 0.198 e. The van der Waals surface area contributed by atoms with Gasteiger partial charge < -0.3 is 59.4 Å². The fraction of sp³-hybridized carbons (Fsp3) is 0.649. The molecule has 52 heavy (non-hydrogen) atoms. The Morgan fingerprint density at radius 2 is 1.54 bits per heavy atom. The van der Waals surface area contributed by atoms with Crippen LogP contribution >= 0.6 is 0 Å². The maximum Gasteiger partial charge on any atom is 0.198 e. The monoisotopic (exact) mass is 730 g/mol. The Morgan fingerprint density at radius 1 is 0.827 bits per heavy atom. The van der Waals surface area contributed by atoms with Crippen molar-refractivity contribution in [1.82, 2.24) is 0 Å². The zero-order chi connectivity index (χ0) is 37.7. The van der Waals surface area contributed by atoms with Gasteiger partial charge in [0.25, 0.3) is 0 Å². The second kappa shape index (κ2) is 13.1. The van der Waals surface area contributed by atoms with E-state index in [9.17, 15) is 50.1 Å². The van der Waals surface area contributed by atoms with Crippen LogP contribution < -0.4 is 0 Å². The number of hydrogen-bond acceptors (Lipinski definition) is 15. The van der Waals surface area contributed by atoms with Gasteiger partial charge in [-0.25, -0.2) is 0 Å². The van der Waals surface area contributed by atoms with Crippen LogP contribution in [0.3, 0.4) is 0 Å². The lowest BCUT2D eigenvalue weighted by molar-refractivity contribution is -0.309. The fourth-order valence-corrected chi connectivity index (χ4v) is 8.70. The zero-order valence-electron chi connectivity index (χ0n) is 29.3. The molecule has 1 aromatic rings. The molecule has 0 aromatic heterocycles. The molecule has 6 aliphatic rings. The summed E-state index contributed by atoms with van der Waals surface area (Å²) in [7, 11) is 0. The number of benzene rings is 1. The first-order valence-corrected chi connectivity index (χ1v) is 17.8. The molecule has 1 saturated carbocycles. The highest BCUT2D eigenvalue weighted by atomic mass is 16.7. The molecule has 3 aliphatic heterocycles. The Labute approximate surface area is 299 Å². The van der Waals surface area contributed by atoms with Crippen molar-refractivity contribution in [2.45, 2.75) is 151 Å². The van der Waals surface area contributed by atoms with Crippen molar-refractivity contribution in [2.75, 3.05) is 0 Å². The molecule has 0 radical (unpaired) electrons. The van der Waals surface area contributed by atoms with Gasteiger partial charge in [-0.1, -0.05) is 12.1 Å². The standard InChI is InChI=1S/C37H46O15/c1-15-23(51-27-12-21(38)30(41)16(2)50-27)7-8-26(49-15)52-34-17(3)48-24(11-22(34)39)18-5-6-19-28(31(18)42)32(43)20-9-10-36(46)14-35(4,45)13-25(40)37(36,47)29(20)33(19)44/h5-6,9-10,15-17,21-24,26-27,30,34,38-39,41-42,45-47H,7-8,11-14H2,1-4H3/t15-,16-,17-,21-,22-,23-,24-,26-,27+,30-,34-,35+,36+,37+/m1/s1. The molecule has 284 valence electrons. The van der Waals surface area contributed by atoms with Crippen LogP contribution in [0.25, 0.3) is 0 Å². The minimum Gasteiger partial charge on any atom is -0.507 e. The fourth-order valence-electron chi connectivity index (χ4n) is 8.70. The Morgan fingerprint density at radius 3 is 2.21 bits per heavy atom. The van der Waals surface area contributed by atoms with E-state index in [2.05, 4.69) is 0 Å². The molecule has 4 fully saturated rings. The van der Waals surface area contributed by atoms with E-state index in [0.717, 1.165) is 12.2 Å². The molecule has 0 amide bonds. The number of phenols is 1. The molecule has 14 atom stereocenters. The van der Waals surface area contributed by atoms with Crippen molar-refractivity contribution < 1.29 is 73.8 Å². The SMILES string of the molecule is C[C@H]1O[C@@H](O[C@@H]2CC[C@@H](O[C@H]3[C@H](O)C[C@H](c4ccc5c(c4O)C(=O)C4=C(C5=O)[C@@]5(O)C(=O)C[C@](C)(O)C[C@@]5(O)C=C4)O[C@@H]3C)O[C@@H]2C)C[C@@H](O)[C@@H]1O. The van der Waals surface area contributed by atoms with Crippen molar-refractivity contribution in [2.24, 2.45) is 0 Å². The van der Waals surface area contributed by atoms with E-state index in [1.807, 2.05) is 6.92 Å². The van der Waals surface area contributed by atoms with Gasteiger partial charge in [0.1, 0.15) is 23.6 Å². The lowest BCUT2D eigenvalue weighted by atomic mass is 9.57. The molecular weight excluding hydrogens is 684 g/mol. The molecule has 3 heterocycles. The van der Waals surface area contributed by atoms with Crippen LogP contribution in [0.15, 0.2) is 35.4 Å². The van der Waals surface area contributed by atoms with E-state index in [1.165, 1.54) is 19.1 Å². The molecule has 1 aromatic carbocycles. The third kappa shape index (κ3) is 6.00. The maximum atomic E-state index is 13.9. The van der Waals surface area contributed by atoms with Crippen LogP contribution in [0.1, 0.15) is 98.6 Å². The maximum absolute atomic E-state index is 13.9. The summed E-state index contributed by atoms with van der Waals surface area (Å²) in [5.74, 6) is -3.35. The van der Waals surface area contributed by atoms with E-state index in [-0.39, 0.29) is 41.2 Å². The zero-order valence-corrected chi connectivity index (χ0v) is 29.3. The van der Waals surface area contributed by atoms with E-state index in [1.54, 1.807) is 13.8 Å². The third-order valence-electron chi connectivity index (χ3n) is 11.4. The largest absolute Gasteiger partial charge is 0.507 e. The van der Waals surface area contributed by atoms with Gasteiger partial charge in [0.2, 0.25) is 0 Å². The Balaban J connectivity index is 1.03. The van der Waals surface area contributed by atoms with Crippen molar-refractivity contribution in [3.63, 3.8) is 0 Å². The molecule has 15 nitrogen and oxygen atoms in total. The van der Waals surface area contributed by atoms with Gasteiger partial charge in [-0.05, 0) is 46.3 Å². The van der Waals surface area contributed by atoms with Gasteiger partial charge in [0.15, 0.2) is 35.5 Å². The predicted octanol–water partition coefficient (Wildman–Crippen LogP) is 0.577. The van der Waals surface area contributed by atoms with Gasteiger partial charge in [-0.3, -0.25) is 14.4 Å². The number of carbonyl (C=O) groups excluding carboxylic acids is 3. The van der Waals surface area contributed by atoms with E-state index in [4.69, 9.17) is 23.7 Å². The van der Waals surface area contributed by atoms with Crippen LogP contribution in [0.2, 0.25) is 0 Å². The van der Waals surface area contributed by atoms with Crippen molar-refractivity contribution in [3.8, 4) is 5.75 Å². The quantitative estimate of drug-likeness (QED) is 0.219. The minimum atomic E-state index is -2.79. The molecule has 0 bridgehead atoms. The number of hydrogen-bond donors (Lipinski definition) is 7. The van der Waals surface area contributed by atoms with Crippen molar-refractivity contribution >= 4 is 17.3 Å². The second-order valence-corrected chi connectivity index (χ2v) is 15.4. The highest BCUT2D eigenvalue weighted by Gasteiger charge is 2.66. The lowest BCUT2D eigenvalue weighted by Gasteiger charge is -2.51. The summed E-state index contributed by atoms with van der Waals surface area (Å²) in [6.07, 6.45) is -6.09. The number of Topliss-reactive ketones (excluding diaryl/α,β-unsaturated/α-hetero) is 3. The Kier molecular flexibility index (Phi) is 9.44. The highest BCUT2D eigenvalue weighted by molar-refractivity contribution is 6.32. The molecule has 0 unspecified atom stereocenters. The molecular formula is C37H46O15. The van der Waals surface area contributed by atoms with Crippen molar-refractivity contribution in [3.05, 3.63) is 52.1 Å². The van der Waals surface area contributed by atoms with Crippen LogP contribution in [-0.2, 0) is 28.5 Å². The number of aliphatic hydroxyl groups excluding tert-OH is 3. The summed E-state index contributed by atoms with van der Waals surface area (Å²) in [5.41, 5.74) is -8.28. The van der Waals surface area contributed by atoms with Gasteiger partial charge in [-0.2, -0.15) is 0 Å². The molecule has 0 spiro atoms. The van der Waals surface area contributed by atoms with Crippen LogP contribution in [0, 0.1) is 0 Å². The normalized spacial score (nSPS) is 45.0. The van der Waals surface area contributed by atoms with Gasteiger partial charge >= 0.3 is 0 Å². The summed E-state index contributed by atoms with van der Waals surface area (Å²) >= 11 is 0. The van der Waals surface area contributed by atoms with Crippen molar-refractivity contribution in [1.29, 1.82) is 0 Å². The van der Waals surface area contributed by atoms with Crippen LogP contribution in [-0.4, -0.2) is 131 Å². The van der Waals surface area contributed by atoms with Crippen LogP contribution in [0.4, 0.5) is 0 Å². The number of aliphatic hydroxyl groups is 6. The average Bonchev–Trinajstić information content (AvgIpc) is 3.05. The number of aromatic hydroxyl groups is 1. The molecule has 7 N–H and O–H groups in total. The van der Waals surface area contributed by atoms with Gasteiger partial charge in [0.05, 0.1) is 59.5 Å². The molecule has 3 saturated heterocycles. The number of carbonyl (C=O) groups is 3. The summed E-state index contributed by atoms with van der Waals surface area (Å²) in [6.45, 7) is 6.49. The number of ether oxygens (including phenoxy) is 5. The highest BCUT2D eigenvalue weighted by Crippen LogP contribution is 2.52. The lowest BCUT2D eigenvalue weighted by Crippen LogP contribution is -2.69. The first-order chi connectivity index (χ1) is 24.3. The molecule has 7 rings (SSSR count). The van der Waals surface area contributed by atoms with E-state index in [0.29, 0.717) is 12.8 Å². The Hall–Kier alpha value is -2.93. The van der Waals surface area contributed by atoms with E-state index < -0.39 is 120 Å². The average molecular weight is 731 g/mol. The van der Waals surface area contributed by atoms with Gasteiger partial charge in [0, 0.05) is 48.8 Å². The summed E-state index contributed by atoms with van der Waals surface area (Å²) in [4.78, 5) is 41.0. The first-order valence-electron chi connectivity index (χ1n) is 17.8. The Bertz CT molecular complexity index is 1690. The van der Waals surface area contributed by atoms with Crippen LogP contribution in [0.5, 0.6) is 5.75 Å². The number of ketones is 3. The number of allylic oxidation sites excluding steroid dienone is 2. The topological polar surface area (TPSA) is 239 Å². The summed E-state index contributed by atoms with van der Waals surface area (Å²) < 4.78 is 30.2. The number of phenolic OH excluding ortho intramolecular Hbond substituents is 1.